The second kappa shape index (κ2) is 8.21. The molecule has 4 nitrogen and oxygen atoms in total. The normalized spacial score (nSPS) is 11.6. The van der Waals surface area contributed by atoms with Gasteiger partial charge in [0.15, 0.2) is 6.10 Å². The van der Waals surface area contributed by atoms with Gasteiger partial charge in [0.25, 0.3) is 0 Å². The van der Waals surface area contributed by atoms with E-state index < -0.39 is 12.1 Å². The fourth-order valence-corrected chi connectivity index (χ4v) is 2.61. The zero-order chi connectivity index (χ0) is 18.4. The molecule has 0 aromatic heterocycles. The first-order chi connectivity index (χ1) is 12.6. The number of rotatable bonds is 7. The minimum absolute atomic E-state index is 0.201. The van der Waals surface area contributed by atoms with Gasteiger partial charge in [-0.15, -0.1) is 0 Å². The predicted molar refractivity (Wildman–Crippen MR) is 99.9 cm³/mol. The number of carboxylic acids is 1. The van der Waals surface area contributed by atoms with Crippen molar-refractivity contribution in [3.05, 3.63) is 90.0 Å². The van der Waals surface area contributed by atoms with Crippen LogP contribution < -0.4 is 9.47 Å². The van der Waals surface area contributed by atoms with Crippen molar-refractivity contribution in [2.75, 3.05) is 0 Å². The van der Waals surface area contributed by atoms with Gasteiger partial charge in [0.05, 0.1) is 0 Å². The summed E-state index contributed by atoms with van der Waals surface area (Å²) in [6.07, 6.45) is -0.802. The number of aryl methyl sites for hydroxylation is 1. The summed E-state index contributed by atoms with van der Waals surface area (Å²) in [5.74, 6) is 0.883. The Morgan fingerprint density at radius 1 is 0.885 bits per heavy atom. The minimum Gasteiger partial charge on any atom is -0.478 e. The number of para-hydroxylation sites is 3. The van der Waals surface area contributed by atoms with Crippen molar-refractivity contribution < 1.29 is 19.4 Å². The average Bonchev–Trinajstić information content (AvgIpc) is 2.65. The molecule has 4 heteroatoms. The van der Waals surface area contributed by atoms with Crippen molar-refractivity contribution in [2.45, 2.75) is 19.4 Å². The molecule has 0 aliphatic rings. The lowest BCUT2D eigenvalue weighted by atomic mass is 10.1. The molecule has 1 N–H and O–H groups in total. The number of carbonyl (C=O) groups is 1. The van der Waals surface area contributed by atoms with E-state index in [1.54, 1.807) is 6.07 Å². The van der Waals surface area contributed by atoms with Crippen LogP contribution in [0.2, 0.25) is 0 Å². The number of benzene rings is 3. The number of carboxylic acid groups (broad SMARTS) is 1. The lowest BCUT2D eigenvalue weighted by Crippen LogP contribution is -2.29. The standard InChI is InChI=1S/C22H20O4/c1-16-9-5-7-13-19(16)26-21(22(23)24)15-17-10-6-8-14-20(17)25-18-11-3-2-4-12-18/h2-14,21H,15H2,1H3,(H,23,24)/t21-/m1/s1. The Morgan fingerprint density at radius 3 is 2.19 bits per heavy atom. The molecular formula is C22H20O4. The van der Waals surface area contributed by atoms with E-state index >= 15 is 0 Å². The molecule has 1 atom stereocenters. The fraction of sp³-hybridized carbons (Fsp3) is 0.136. The van der Waals surface area contributed by atoms with Crippen molar-refractivity contribution in [1.29, 1.82) is 0 Å². The summed E-state index contributed by atoms with van der Waals surface area (Å²) in [5.41, 5.74) is 1.67. The van der Waals surface area contributed by atoms with Gasteiger partial charge < -0.3 is 14.6 Å². The van der Waals surface area contributed by atoms with Crippen molar-refractivity contribution in [2.24, 2.45) is 0 Å². The summed E-state index contributed by atoms with van der Waals surface area (Å²) in [7, 11) is 0. The highest BCUT2D eigenvalue weighted by molar-refractivity contribution is 5.73. The first-order valence-corrected chi connectivity index (χ1v) is 8.39. The van der Waals surface area contributed by atoms with E-state index in [0.29, 0.717) is 17.2 Å². The van der Waals surface area contributed by atoms with Gasteiger partial charge in [-0.3, -0.25) is 0 Å². The Bertz CT molecular complexity index is 874. The molecule has 0 saturated carbocycles. The van der Waals surface area contributed by atoms with Gasteiger partial charge in [-0.05, 0) is 42.3 Å². The second-order valence-electron chi connectivity index (χ2n) is 5.94. The van der Waals surface area contributed by atoms with E-state index in [1.807, 2.05) is 79.7 Å². The van der Waals surface area contributed by atoms with Crippen LogP contribution in [0.5, 0.6) is 17.2 Å². The van der Waals surface area contributed by atoms with E-state index in [-0.39, 0.29) is 6.42 Å². The Morgan fingerprint density at radius 2 is 1.50 bits per heavy atom. The van der Waals surface area contributed by atoms with Crippen LogP contribution in [0.15, 0.2) is 78.9 Å². The van der Waals surface area contributed by atoms with Gasteiger partial charge in [-0.25, -0.2) is 4.79 Å². The van der Waals surface area contributed by atoms with E-state index in [4.69, 9.17) is 9.47 Å². The Hall–Kier alpha value is -3.27. The quantitative estimate of drug-likeness (QED) is 0.662. The molecule has 0 spiro atoms. The molecule has 0 aliphatic carbocycles. The summed E-state index contributed by atoms with van der Waals surface area (Å²) in [5, 5.41) is 9.60. The number of aliphatic carboxylic acids is 1. The third kappa shape index (κ3) is 4.42. The molecule has 0 radical (unpaired) electrons. The van der Waals surface area contributed by atoms with Crippen molar-refractivity contribution in [3.8, 4) is 17.2 Å². The van der Waals surface area contributed by atoms with E-state index in [2.05, 4.69) is 0 Å². The minimum atomic E-state index is -1.01. The summed E-state index contributed by atoms with van der Waals surface area (Å²) < 4.78 is 11.7. The molecule has 3 aromatic rings. The molecule has 0 amide bonds. The fourth-order valence-electron chi connectivity index (χ4n) is 2.61. The van der Waals surface area contributed by atoms with Crippen LogP contribution in [0.4, 0.5) is 0 Å². The topological polar surface area (TPSA) is 55.8 Å². The lowest BCUT2D eigenvalue weighted by Gasteiger charge is -2.18. The van der Waals surface area contributed by atoms with Crippen LogP contribution in [0, 0.1) is 6.92 Å². The molecule has 0 aliphatic heterocycles. The molecule has 0 fully saturated rings. The molecular weight excluding hydrogens is 328 g/mol. The number of hydrogen-bond donors (Lipinski definition) is 1. The van der Waals surface area contributed by atoms with Gasteiger partial charge in [0.2, 0.25) is 0 Å². The molecule has 0 saturated heterocycles. The molecule has 0 bridgehead atoms. The monoisotopic (exact) mass is 348 g/mol. The largest absolute Gasteiger partial charge is 0.478 e. The maximum atomic E-state index is 11.7. The Labute approximate surface area is 152 Å². The van der Waals surface area contributed by atoms with Gasteiger partial charge >= 0.3 is 5.97 Å². The zero-order valence-electron chi connectivity index (χ0n) is 14.5. The molecule has 3 rings (SSSR count). The van der Waals surface area contributed by atoms with Crippen LogP contribution in [0.1, 0.15) is 11.1 Å². The molecule has 26 heavy (non-hydrogen) atoms. The maximum Gasteiger partial charge on any atom is 0.345 e. The van der Waals surface area contributed by atoms with Crippen molar-refractivity contribution in [1.82, 2.24) is 0 Å². The number of hydrogen-bond acceptors (Lipinski definition) is 3. The molecule has 0 heterocycles. The highest BCUT2D eigenvalue weighted by atomic mass is 16.5. The smallest absolute Gasteiger partial charge is 0.345 e. The lowest BCUT2D eigenvalue weighted by molar-refractivity contribution is -0.145. The molecule has 132 valence electrons. The Balaban J connectivity index is 1.81. The van der Waals surface area contributed by atoms with E-state index in [9.17, 15) is 9.90 Å². The van der Waals surface area contributed by atoms with Crippen LogP contribution >= 0.6 is 0 Å². The van der Waals surface area contributed by atoms with Gasteiger partial charge in [-0.1, -0.05) is 54.6 Å². The third-order valence-electron chi connectivity index (χ3n) is 3.99. The van der Waals surface area contributed by atoms with Crippen LogP contribution in [-0.2, 0) is 11.2 Å². The first kappa shape index (κ1) is 17.5. The van der Waals surface area contributed by atoms with Gasteiger partial charge in [-0.2, -0.15) is 0 Å². The predicted octanol–water partition coefficient (Wildman–Crippen LogP) is 4.86. The Kier molecular flexibility index (Phi) is 5.54. The second-order valence-corrected chi connectivity index (χ2v) is 5.94. The van der Waals surface area contributed by atoms with Crippen LogP contribution in [0.3, 0.4) is 0 Å². The summed E-state index contributed by atoms with van der Waals surface area (Å²) in [6, 6.07) is 24.2. The highest BCUT2D eigenvalue weighted by Gasteiger charge is 2.22. The van der Waals surface area contributed by atoms with Gasteiger partial charge in [0.1, 0.15) is 17.2 Å². The van der Waals surface area contributed by atoms with Crippen LogP contribution in [-0.4, -0.2) is 17.2 Å². The number of ether oxygens (including phenoxy) is 2. The SMILES string of the molecule is Cc1ccccc1O[C@H](Cc1ccccc1Oc1ccccc1)C(=O)O. The molecule has 3 aromatic carbocycles. The van der Waals surface area contributed by atoms with Crippen molar-refractivity contribution >= 4 is 5.97 Å². The zero-order valence-corrected chi connectivity index (χ0v) is 14.5. The average molecular weight is 348 g/mol. The summed E-state index contributed by atoms with van der Waals surface area (Å²) >= 11 is 0. The first-order valence-electron chi connectivity index (χ1n) is 8.39. The maximum absolute atomic E-state index is 11.7. The molecule has 0 unspecified atom stereocenters. The van der Waals surface area contributed by atoms with Crippen LogP contribution in [0.25, 0.3) is 0 Å². The van der Waals surface area contributed by atoms with E-state index in [0.717, 1.165) is 11.1 Å². The van der Waals surface area contributed by atoms with Crippen molar-refractivity contribution in [3.63, 3.8) is 0 Å². The summed E-state index contributed by atoms with van der Waals surface area (Å²) in [4.78, 5) is 11.7. The highest BCUT2D eigenvalue weighted by Crippen LogP contribution is 2.27. The van der Waals surface area contributed by atoms with E-state index in [1.165, 1.54) is 0 Å². The summed E-state index contributed by atoms with van der Waals surface area (Å²) in [6.45, 7) is 1.89. The third-order valence-corrected chi connectivity index (χ3v) is 3.99. The van der Waals surface area contributed by atoms with Gasteiger partial charge in [0, 0.05) is 6.42 Å².